The van der Waals surface area contributed by atoms with Gasteiger partial charge >= 0.3 is 175 Å². The number of halogens is 1. The summed E-state index contributed by atoms with van der Waals surface area (Å²) in [5, 5.41) is 1.09. The Bertz CT molecular complexity index is 1050. The van der Waals surface area contributed by atoms with Gasteiger partial charge in [-0.1, -0.05) is 0 Å². The Hall–Kier alpha value is -1.48. The van der Waals surface area contributed by atoms with E-state index in [2.05, 4.69) is 64.2 Å². The first-order chi connectivity index (χ1) is 12.9. The SMILES string of the molecule is CC(=O)c1cnc2ccc(Br)cc2c1[As]c1ccc2c(c1)CCC2N(C)C. The van der Waals surface area contributed by atoms with Crippen molar-refractivity contribution >= 4 is 57.1 Å². The standard InChI is InChI=1S/C22H21AsBrN2O/c1-13(27)19-12-25-20-8-6-16(24)11-18(20)22(19)23-15-5-7-17-14(10-15)4-9-21(17)26(2)3/h5-8,10-12,21H,4,9H2,1-3H3. The molecule has 1 aromatic heterocycles. The molecule has 1 heterocycles. The summed E-state index contributed by atoms with van der Waals surface area (Å²) in [4.78, 5) is 19.1. The van der Waals surface area contributed by atoms with E-state index < -0.39 is 0 Å². The minimum atomic E-state index is -0.295. The van der Waals surface area contributed by atoms with Gasteiger partial charge in [-0.25, -0.2) is 0 Å². The van der Waals surface area contributed by atoms with Crippen LogP contribution in [0.25, 0.3) is 10.9 Å². The number of hydrogen-bond donors (Lipinski definition) is 0. The summed E-state index contributed by atoms with van der Waals surface area (Å²) in [6, 6.07) is 13.6. The maximum absolute atomic E-state index is 12.2. The Morgan fingerprint density at radius 1 is 1.22 bits per heavy atom. The van der Waals surface area contributed by atoms with E-state index in [1.807, 2.05) is 12.1 Å². The molecular weight excluding hydrogens is 463 g/mol. The quantitative estimate of drug-likeness (QED) is 0.421. The number of pyridine rings is 1. The first kappa shape index (κ1) is 18.9. The van der Waals surface area contributed by atoms with E-state index in [-0.39, 0.29) is 21.5 Å². The predicted octanol–water partition coefficient (Wildman–Crippen LogP) is 3.40. The molecule has 1 aliphatic rings. The Labute approximate surface area is 175 Å². The monoisotopic (exact) mass is 483 g/mol. The van der Waals surface area contributed by atoms with Gasteiger partial charge < -0.3 is 0 Å². The molecule has 2 aromatic carbocycles. The first-order valence-electron chi connectivity index (χ1n) is 9.04. The summed E-state index contributed by atoms with van der Waals surface area (Å²) in [6.07, 6.45) is 4.07. The molecule has 0 saturated heterocycles. The zero-order valence-electron chi connectivity index (χ0n) is 15.7. The van der Waals surface area contributed by atoms with Crippen molar-refractivity contribution in [3.63, 3.8) is 0 Å². The second kappa shape index (κ2) is 7.50. The molecule has 1 aliphatic carbocycles. The predicted molar refractivity (Wildman–Crippen MR) is 116 cm³/mol. The molecule has 3 nitrogen and oxygen atoms in total. The molecule has 0 amide bonds. The molecule has 3 aromatic rings. The molecule has 1 atom stereocenters. The number of aromatic nitrogens is 1. The van der Waals surface area contributed by atoms with Crippen molar-refractivity contribution in [3.8, 4) is 0 Å². The van der Waals surface area contributed by atoms with Crippen molar-refractivity contribution in [2.45, 2.75) is 25.8 Å². The number of nitrogens with zero attached hydrogens (tertiary/aromatic N) is 2. The third-order valence-electron chi connectivity index (χ3n) is 5.22. The molecule has 27 heavy (non-hydrogen) atoms. The van der Waals surface area contributed by atoms with Gasteiger partial charge in [-0.15, -0.1) is 0 Å². The number of carbonyl (C=O) groups excluding carboxylic acids is 1. The summed E-state index contributed by atoms with van der Waals surface area (Å²) in [7, 11) is 4.30. The fraction of sp³-hybridized carbons (Fsp3) is 0.273. The van der Waals surface area contributed by atoms with Crippen molar-refractivity contribution in [2.75, 3.05) is 14.1 Å². The van der Waals surface area contributed by atoms with Crippen LogP contribution in [0, 0.1) is 0 Å². The van der Waals surface area contributed by atoms with Crippen LogP contribution in [-0.2, 0) is 6.42 Å². The topological polar surface area (TPSA) is 33.2 Å². The van der Waals surface area contributed by atoms with Gasteiger partial charge in [-0.2, -0.15) is 0 Å². The van der Waals surface area contributed by atoms with Gasteiger partial charge in [0.05, 0.1) is 0 Å². The van der Waals surface area contributed by atoms with Crippen LogP contribution in [0.15, 0.2) is 47.1 Å². The first-order valence-corrected chi connectivity index (χ1v) is 11.7. The van der Waals surface area contributed by atoms with Gasteiger partial charge in [0, 0.05) is 0 Å². The van der Waals surface area contributed by atoms with Gasteiger partial charge in [0.2, 0.25) is 0 Å². The molecule has 137 valence electrons. The molecule has 0 N–H and O–H groups in total. The summed E-state index contributed by atoms with van der Waals surface area (Å²) in [5.41, 5.74) is 4.62. The third-order valence-corrected chi connectivity index (χ3v) is 8.32. The van der Waals surface area contributed by atoms with Crippen LogP contribution in [0.1, 0.15) is 40.9 Å². The van der Waals surface area contributed by atoms with E-state index >= 15 is 0 Å². The molecule has 5 heteroatoms. The van der Waals surface area contributed by atoms with E-state index in [1.54, 1.807) is 13.1 Å². The van der Waals surface area contributed by atoms with Gasteiger partial charge in [0.1, 0.15) is 0 Å². The van der Waals surface area contributed by atoms with E-state index in [0.29, 0.717) is 6.04 Å². The minimum absolute atomic E-state index is 0.0866. The number of Topliss-reactive ketones (excluding diaryl/α,β-unsaturated/α-hetero) is 1. The Morgan fingerprint density at radius 2 is 2.04 bits per heavy atom. The number of hydrogen-bond acceptors (Lipinski definition) is 3. The number of aryl methyl sites for hydroxylation is 1. The summed E-state index contributed by atoms with van der Waals surface area (Å²) >= 11 is 3.27. The average molecular weight is 484 g/mol. The maximum atomic E-state index is 12.2. The van der Waals surface area contributed by atoms with Gasteiger partial charge in [-0.05, 0) is 0 Å². The molecule has 4 rings (SSSR count). The molecule has 0 saturated carbocycles. The molecule has 1 unspecified atom stereocenters. The number of rotatable bonds is 4. The summed E-state index contributed by atoms with van der Waals surface area (Å²) in [6.45, 7) is 1.63. The zero-order valence-corrected chi connectivity index (χ0v) is 19.1. The van der Waals surface area contributed by atoms with E-state index in [4.69, 9.17) is 0 Å². The van der Waals surface area contributed by atoms with Gasteiger partial charge in [-0.3, -0.25) is 0 Å². The summed E-state index contributed by atoms with van der Waals surface area (Å²) in [5.74, 6) is 0.0866. The number of fused-ring (bicyclic) bond motifs is 2. The van der Waals surface area contributed by atoms with Crippen LogP contribution in [-0.4, -0.2) is 45.5 Å². The third kappa shape index (κ3) is 3.63. The molecule has 1 radical (unpaired) electrons. The van der Waals surface area contributed by atoms with Gasteiger partial charge in [0.25, 0.3) is 0 Å². The van der Waals surface area contributed by atoms with E-state index in [0.717, 1.165) is 31.7 Å². The van der Waals surface area contributed by atoms with Crippen LogP contribution in [0.4, 0.5) is 0 Å². The van der Waals surface area contributed by atoms with Crippen molar-refractivity contribution in [1.29, 1.82) is 0 Å². The molecule has 0 spiro atoms. The Morgan fingerprint density at radius 3 is 2.78 bits per heavy atom. The molecule has 0 aliphatic heterocycles. The fourth-order valence-corrected chi connectivity index (χ4v) is 6.86. The van der Waals surface area contributed by atoms with Crippen molar-refractivity contribution in [3.05, 3.63) is 63.8 Å². The van der Waals surface area contributed by atoms with E-state index in [1.165, 1.54) is 21.9 Å². The number of benzene rings is 2. The molecule has 0 fully saturated rings. The fourth-order valence-electron chi connectivity index (χ4n) is 3.85. The van der Waals surface area contributed by atoms with Crippen molar-refractivity contribution in [2.24, 2.45) is 0 Å². The van der Waals surface area contributed by atoms with Crippen LogP contribution in [0.5, 0.6) is 0 Å². The number of carbonyl (C=O) groups is 1. The van der Waals surface area contributed by atoms with Crippen LogP contribution in [0.3, 0.4) is 0 Å². The van der Waals surface area contributed by atoms with Crippen LogP contribution >= 0.6 is 15.9 Å². The van der Waals surface area contributed by atoms with E-state index in [9.17, 15) is 4.79 Å². The molecule has 0 bridgehead atoms. The van der Waals surface area contributed by atoms with Crippen molar-refractivity contribution in [1.82, 2.24) is 9.88 Å². The van der Waals surface area contributed by atoms with Gasteiger partial charge in [0.15, 0.2) is 0 Å². The Kier molecular flexibility index (Phi) is 5.24. The second-order valence-electron chi connectivity index (χ2n) is 7.25. The second-order valence-corrected chi connectivity index (χ2v) is 10.7. The zero-order chi connectivity index (χ0) is 19.1. The summed E-state index contributed by atoms with van der Waals surface area (Å²) < 4.78 is 3.52. The van der Waals surface area contributed by atoms with Crippen molar-refractivity contribution < 1.29 is 4.79 Å². The Balaban J connectivity index is 1.79. The van der Waals surface area contributed by atoms with Crippen LogP contribution in [0.2, 0.25) is 0 Å². The normalized spacial score (nSPS) is 16.6. The average Bonchev–Trinajstić information content (AvgIpc) is 3.05. The number of ketones is 1. The van der Waals surface area contributed by atoms with Crippen LogP contribution < -0.4 is 8.70 Å². The molecular formula is C22H21AsBrN2O.